The van der Waals surface area contributed by atoms with E-state index in [1.54, 1.807) is 0 Å². The molecule has 2 fully saturated rings. The molecule has 1 unspecified atom stereocenters. The van der Waals surface area contributed by atoms with Gasteiger partial charge < -0.3 is 9.64 Å². The number of hydrogen-bond acceptors (Lipinski definition) is 3. The number of ether oxygens (including phenoxy) is 1. The van der Waals surface area contributed by atoms with Crippen molar-refractivity contribution >= 4 is 5.97 Å². The molecule has 1 saturated heterocycles. The third-order valence-corrected chi connectivity index (χ3v) is 4.84. The van der Waals surface area contributed by atoms with Gasteiger partial charge in [-0.15, -0.1) is 0 Å². The van der Waals surface area contributed by atoms with Crippen LogP contribution in [-0.2, 0) is 9.53 Å². The molecular weight excluding hydrogens is 214 g/mol. The number of esters is 1. The Hall–Kier alpha value is -0.570. The summed E-state index contributed by atoms with van der Waals surface area (Å²) >= 11 is 0. The highest BCUT2D eigenvalue weighted by Gasteiger charge is 2.37. The summed E-state index contributed by atoms with van der Waals surface area (Å²) in [5, 5.41) is 0. The highest BCUT2D eigenvalue weighted by molar-refractivity contribution is 5.69. The normalized spacial score (nSPS) is 26.0. The number of piperidine rings is 1. The van der Waals surface area contributed by atoms with E-state index >= 15 is 0 Å². The largest absolute Gasteiger partial charge is 0.469 e. The molecular formula is C14H25NO2. The van der Waals surface area contributed by atoms with Gasteiger partial charge >= 0.3 is 5.97 Å². The van der Waals surface area contributed by atoms with E-state index in [1.165, 1.54) is 45.6 Å². The molecule has 0 aromatic heterocycles. The Labute approximate surface area is 105 Å². The second-order valence-corrected chi connectivity index (χ2v) is 5.87. The summed E-state index contributed by atoms with van der Waals surface area (Å²) in [6, 6.07) is 0.334. The van der Waals surface area contributed by atoms with Gasteiger partial charge in [-0.2, -0.15) is 0 Å². The van der Waals surface area contributed by atoms with Crippen molar-refractivity contribution in [2.24, 2.45) is 5.41 Å². The summed E-state index contributed by atoms with van der Waals surface area (Å²) in [4.78, 5) is 13.7. The first kappa shape index (κ1) is 12.9. The number of carbonyl (C=O) groups is 1. The average molecular weight is 239 g/mol. The van der Waals surface area contributed by atoms with E-state index in [0.29, 0.717) is 17.9 Å². The Morgan fingerprint density at radius 2 is 1.82 bits per heavy atom. The van der Waals surface area contributed by atoms with Crippen LogP contribution in [-0.4, -0.2) is 37.1 Å². The molecule has 98 valence electrons. The molecule has 1 aliphatic carbocycles. The molecule has 0 amide bonds. The second-order valence-electron chi connectivity index (χ2n) is 5.87. The van der Waals surface area contributed by atoms with Crippen molar-refractivity contribution in [1.82, 2.24) is 4.90 Å². The van der Waals surface area contributed by atoms with Gasteiger partial charge in [-0.1, -0.05) is 12.8 Å². The number of hydrogen-bond donors (Lipinski definition) is 0. The van der Waals surface area contributed by atoms with Crippen LogP contribution >= 0.6 is 0 Å². The van der Waals surface area contributed by atoms with Crippen LogP contribution in [0, 0.1) is 5.41 Å². The minimum Gasteiger partial charge on any atom is -0.469 e. The SMILES string of the molecule is COC(=O)CC(C)N1CCC2(CCCC2)CC1. The Morgan fingerprint density at radius 1 is 1.24 bits per heavy atom. The Kier molecular flexibility index (Phi) is 4.08. The summed E-state index contributed by atoms with van der Waals surface area (Å²) in [6.45, 7) is 4.47. The van der Waals surface area contributed by atoms with E-state index in [1.807, 2.05) is 0 Å². The fourth-order valence-electron chi connectivity index (χ4n) is 3.52. The quantitative estimate of drug-likeness (QED) is 0.709. The van der Waals surface area contributed by atoms with E-state index in [4.69, 9.17) is 4.74 Å². The van der Waals surface area contributed by atoms with Gasteiger partial charge in [0.15, 0.2) is 0 Å². The fraction of sp³-hybridized carbons (Fsp3) is 0.929. The molecule has 1 spiro atoms. The maximum Gasteiger partial charge on any atom is 0.307 e. The van der Waals surface area contributed by atoms with Crippen molar-refractivity contribution in [2.75, 3.05) is 20.2 Å². The van der Waals surface area contributed by atoms with Gasteiger partial charge in [0.2, 0.25) is 0 Å². The number of likely N-dealkylation sites (tertiary alicyclic amines) is 1. The zero-order chi connectivity index (χ0) is 12.3. The third kappa shape index (κ3) is 3.01. The number of rotatable bonds is 3. The van der Waals surface area contributed by atoms with Crippen LogP contribution in [0.3, 0.4) is 0 Å². The van der Waals surface area contributed by atoms with Crippen LogP contribution in [0.4, 0.5) is 0 Å². The van der Waals surface area contributed by atoms with Crippen molar-refractivity contribution in [3.63, 3.8) is 0 Å². The minimum atomic E-state index is -0.0846. The van der Waals surface area contributed by atoms with Crippen molar-refractivity contribution in [1.29, 1.82) is 0 Å². The zero-order valence-corrected chi connectivity index (χ0v) is 11.2. The number of methoxy groups -OCH3 is 1. The second kappa shape index (κ2) is 5.38. The lowest BCUT2D eigenvalue weighted by Gasteiger charge is -2.41. The first-order chi connectivity index (χ1) is 8.15. The van der Waals surface area contributed by atoms with E-state index < -0.39 is 0 Å². The molecule has 17 heavy (non-hydrogen) atoms. The van der Waals surface area contributed by atoms with Gasteiger partial charge in [0, 0.05) is 6.04 Å². The van der Waals surface area contributed by atoms with E-state index in [2.05, 4.69) is 11.8 Å². The Morgan fingerprint density at radius 3 is 2.35 bits per heavy atom. The van der Waals surface area contributed by atoms with Gasteiger partial charge in [-0.3, -0.25) is 4.79 Å². The summed E-state index contributed by atoms with van der Waals surface area (Å²) < 4.78 is 4.74. The van der Waals surface area contributed by atoms with E-state index in [9.17, 15) is 4.79 Å². The summed E-state index contributed by atoms with van der Waals surface area (Å²) in [6.07, 6.45) is 8.92. The van der Waals surface area contributed by atoms with Gasteiger partial charge in [0.05, 0.1) is 13.5 Å². The predicted molar refractivity (Wildman–Crippen MR) is 67.8 cm³/mol. The first-order valence-electron chi connectivity index (χ1n) is 6.96. The number of nitrogens with zero attached hydrogens (tertiary/aromatic N) is 1. The molecule has 3 heteroatoms. The van der Waals surface area contributed by atoms with E-state index in [-0.39, 0.29) is 5.97 Å². The number of carbonyl (C=O) groups excluding carboxylic acids is 1. The highest BCUT2D eigenvalue weighted by atomic mass is 16.5. The van der Waals surface area contributed by atoms with Crippen molar-refractivity contribution in [3.05, 3.63) is 0 Å². The molecule has 1 heterocycles. The lowest BCUT2D eigenvalue weighted by atomic mass is 9.77. The van der Waals surface area contributed by atoms with Crippen LogP contribution in [0.1, 0.15) is 51.9 Å². The molecule has 2 rings (SSSR count). The fourth-order valence-corrected chi connectivity index (χ4v) is 3.52. The van der Waals surface area contributed by atoms with Crippen LogP contribution in [0.15, 0.2) is 0 Å². The van der Waals surface area contributed by atoms with Crippen molar-refractivity contribution in [2.45, 2.75) is 57.9 Å². The molecule has 1 saturated carbocycles. The van der Waals surface area contributed by atoms with Crippen LogP contribution < -0.4 is 0 Å². The zero-order valence-electron chi connectivity index (χ0n) is 11.2. The van der Waals surface area contributed by atoms with Crippen molar-refractivity contribution in [3.8, 4) is 0 Å². The molecule has 3 nitrogen and oxygen atoms in total. The monoisotopic (exact) mass is 239 g/mol. The summed E-state index contributed by atoms with van der Waals surface area (Å²) in [5.74, 6) is -0.0846. The smallest absolute Gasteiger partial charge is 0.307 e. The molecule has 1 aliphatic heterocycles. The average Bonchev–Trinajstić information content (AvgIpc) is 2.78. The van der Waals surface area contributed by atoms with Gasteiger partial charge in [0.1, 0.15) is 0 Å². The van der Waals surface area contributed by atoms with Crippen LogP contribution in [0.25, 0.3) is 0 Å². The molecule has 0 N–H and O–H groups in total. The summed E-state index contributed by atoms with van der Waals surface area (Å²) in [7, 11) is 1.47. The third-order valence-electron chi connectivity index (χ3n) is 4.84. The predicted octanol–water partition coefficient (Wildman–Crippen LogP) is 2.59. The molecule has 0 radical (unpaired) electrons. The maximum absolute atomic E-state index is 11.3. The Balaban J connectivity index is 1.80. The maximum atomic E-state index is 11.3. The standard InChI is InChI=1S/C14H25NO2/c1-12(11-13(16)17-2)15-9-7-14(8-10-15)5-3-4-6-14/h12H,3-11H2,1-2H3. The highest BCUT2D eigenvalue weighted by Crippen LogP contribution is 2.46. The van der Waals surface area contributed by atoms with Crippen molar-refractivity contribution < 1.29 is 9.53 Å². The van der Waals surface area contributed by atoms with Gasteiger partial charge in [-0.25, -0.2) is 0 Å². The lowest BCUT2D eigenvalue weighted by Crippen LogP contribution is -2.44. The molecule has 0 aromatic carbocycles. The van der Waals surface area contributed by atoms with E-state index in [0.717, 1.165) is 13.1 Å². The molecule has 0 aromatic rings. The molecule has 1 atom stereocenters. The van der Waals surface area contributed by atoms with Gasteiger partial charge in [0.25, 0.3) is 0 Å². The Bertz CT molecular complexity index is 261. The first-order valence-corrected chi connectivity index (χ1v) is 6.96. The lowest BCUT2D eigenvalue weighted by molar-refractivity contribution is -0.142. The van der Waals surface area contributed by atoms with Crippen LogP contribution in [0.5, 0.6) is 0 Å². The summed E-state index contributed by atoms with van der Waals surface area (Å²) in [5.41, 5.74) is 0.668. The molecule has 0 bridgehead atoms. The van der Waals surface area contributed by atoms with Crippen LogP contribution in [0.2, 0.25) is 0 Å². The topological polar surface area (TPSA) is 29.5 Å². The van der Waals surface area contributed by atoms with Gasteiger partial charge in [-0.05, 0) is 51.1 Å². The minimum absolute atomic E-state index is 0.0846. The molecule has 2 aliphatic rings.